The second-order valence-corrected chi connectivity index (χ2v) is 3.92. The lowest BCUT2D eigenvalue weighted by Gasteiger charge is -2.09. The molecule has 1 atom stereocenters. The highest BCUT2D eigenvalue weighted by Gasteiger charge is 2.17. The van der Waals surface area contributed by atoms with Gasteiger partial charge >= 0.3 is 0 Å². The summed E-state index contributed by atoms with van der Waals surface area (Å²) in [6.45, 7) is 1.95. The summed E-state index contributed by atoms with van der Waals surface area (Å²) in [4.78, 5) is 7.86. The zero-order chi connectivity index (χ0) is 11.8. The maximum absolute atomic E-state index is 6.08. The van der Waals surface area contributed by atoms with Crippen molar-refractivity contribution in [2.24, 2.45) is 0 Å². The Labute approximate surface area is 101 Å². The van der Waals surface area contributed by atoms with Gasteiger partial charge in [0.1, 0.15) is 23.8 Å². The Morgan fingerprint density at radius 2 is 2.12 bits per heavy atom. The topological polar surface area (TPSA) is 73.8 Å². The Bertz CT molecular complexity index is 644. The van der Waals surface area contributed by atoms with Crippen LogP contribution in [0.25, 0.3) is 5.65 Å². The lowest BCUT2D eigenvalue weighted by atomic mass is 10.3. The van der Waals surface area contributed by atoms with Crippen molar-refractivity contribution in [1.29, 1.82) is 0 Å². The fourth-order valence-corrected chi connectivity index (χ4v) is 1.87. The second-order valence-electron chi connectivity index (χ2n) is 3.53. The van der Waals surface area contributed by atoms with Crippen molar-refractivity contribution >= 4 is 17.2 Å². The van der Waals surface area contributed by atoms with Crippen molar-refractivity contribution < 1.29 is 0 Å². The van der Waals surface area contributed by atoms with E-state index in [0.717, 1.165) is 0 Å². The van der Waals surface area contributed by atoms with E-state index < -0.39 is 0 Å². The van der Waals surface area contributed by atoms with E-state index in [1.54, 1.807) is 27.8 Å². The molecule has 86 valence electrons. The molecule has 0 aliphatic rings. The third kappa shape index (κ3) is 1.55. The highest BCUT2D eigenvalue weighted by molar-refractivity contribution is 6.29. The predicted molar refractivity (Wildman–Crippen MR) is 59.6 cm³/mol. The molecule has 0 aromatic carbocycles. The minimum Gasteiger partial charge on any atom is -0.264 e. The van der Waals surface area contributed by atoms with Gasteiger partial charge in [0.15, 0.2) is 11.5 Å². The third-order valence-electron chi connectivity index (χ3n) is 2.50. The molecule has 3 heterocycles. The van der Waals surface area contributed by atoms with Crippen molar-refractivity contribution in [2.45, 2.75) is 13.0 Å². The maximum Gasteiger partial charge on any atom is 0.180 e. The first-order valence-electron chi connectivity index (χ1n) is 4.96. The fourth-order valence-electron chi connectivity index (χ4n) is 1.64. The third-order valence-corrected chi connectivity index (χ3v) is 2.77. The lowest BCUT2D eigenvalue weighted by molar-refractivity contribution is 0.530. The average Bonchev–Trinajstić information content (AvgIpc) is 2.98. The molecule has 0 fully saturated rings. The Kier molecular flexibility index (Phi) is 2.25. The highest BCUT2D eigenvalue weighted by Crippen LogP contribution is 2.19. The molecule has 8 heteroatoms. The summed E-state index contributed by atoms with van der Waals surface area (Å²) in [6.07, 6.45) is 6.26. The Morgan fingerprint density at radius 1 is 1.24 bits per heavy atom. The molecule has 0 amide bonds. The van der Waals surface area contributed by atoms with Crippen molar-refractivity contribution in [3.63, 3.8) is 0 Å². The standard InChI is InChI=1S/C9H8ClN7/c1-6(16-5-12-4-13-16)9-15-14-8-3-11-2-7(10)17(8)9/h2-6H,1H3. The number of hydrogen-bond donors (Lipinski definition) is 0. The molecule has 0 bridgehead atoms. The summed E-state index contributed by atoms with van der Waals surface area (Å²) in [5.74, 6) is 0.693. The van der Waals surface area contributed by atoms with Crippen LogP contribution in [-0.4, -0.2) is 34.3 Å². The molecule has 3 aromatic rings. The zero-order valence-electron chi connectivity index (χ0n) is 8.90. The average molecular weight is 250 g/mol. The van der Waals surface area contributed by atoms with Crippen LogP contribution in [0.4, 0.5) is 0 Å². The first kappa shape index (κ1) is 10.2. The van der Waals surface area contributed by atoms with Crippen molar-refractivity contribution in [1.82, 2.24) is 34.3 Å². The minimum absolute atomic E-state index is 0.104. The summed E-state index contributed by atoms with van der Waals surface area (Å²) in [5, 5.41) is 12.7. The van der Waals surface area contributed by atoms with Crippen LogP contribution in [0.3, 0.4) is 0 Å². The van der Waals surface area contributed by atoms with Gasteiger partial charge in [-0.3, -0.25) is 9.38 Å². The molecule has 0 saturated heterocycles. The highest BCUT2D eigenvalue weighted by atomic mass is 35.5. The van der Waals surface area contributed by atoms with Gasteiger partial charge in [-0.25, -0.2) is 9.67 Å². The SMILES string of the molecule is CC(c1nnc2cncc(Cl)n12)n1cncn1. The second kappa shape index (κ2) is 3.77. The van der Waals surface area contributed by atoms with Crippen LogP contribution in [0.1, 0.15) is 18.8 Å². The van der Waals surface area contributed by atoms with Crippen LogP contribution >= 0.6 is 11.6 Å². The van der Waals surface area contributed by atoms with Crippen LogP contribution in [0.2, 0.25) is 5.15 Å². The van der Waals surface area contributed by atoms with Gasteiger partial charge in [0.05, 0.1) is 12.4 Å². The van der Waals surface area contributed by atoms with Gasteiger partial charge in [0.2, 0.25) is 0 Å². The van der Waals surface area contributed by atoms with Crippen molar-refractivity contribution in [2.75, 3.05) is 0 Å². The van der Waals surface area contributed by atoms with Gasteiger partial charge < -0.3 is 0 Å². The maximum atomic E-state index is 6.08. The number of rotatable bonds is 2. The van der Waals surface area contributed by atoms with E-state index in [0.29, 0.717) is 16.6 Å². The van der Waals surface area contributed by atoms with Crippen molar-refractivity contribution in [3.05, 3.63) is 36.0 Å². The molecule has 7 nitrogen and oxygen atoms in total. The number of hydrogen-bond acceptors (Lipinski definition) is 5. The number of nitrogens with zero attached hydrogens (tertiary/aromatic N) is 7. The molecule has 0 N–H and O–H groups in total. The molecule has 3 aromatic heterocycles. The van der Waals surface area contributed by atoms with E-state index >= 15 is 0 Å². The fraction of sp³-hybridized carbons (Fsp3) is 0.222. The van der Waals surface area contributed by atoms with E-state index in [1.807, 2.05) is 6.92 Å². The number of halogens is 1. The number of fused-ring (bicyclic) bond motifs is 1. The van der Waals surface area contributed by atoms with E-state index in [4.69, 9.17) is 11.6 Å². The number of aromatic nitrogens is 7. The van der Waals surface area contributed by atoms with Crippen LogP contribution < -0.4 is 0 Å². The Balaban J connectivity index is 2.18. The largest absolute Gasteiger partial charge is 0.264 e. The normalized spacial score (nSPS) is 13.1. The van der Waals surface area contributed by atoms with Gasteiger partial charge in [0.25, 0.3) is 0 Å². The van der Waals surface area contributed by atoms with Crippen molar-refractivity contribution in [3.8, 4) is 0 Å². The quantitative estimate of drug-likeness (QED) is 0.677. The first-order valence-corrected chi connectivity index (χ1v) is 5.34. The predicted octanol–water partition coefficient (Wildman–Crippen LogP) is 0.978. The summed E-state index contributed by atoms with van der Waals surface area (Å²) >= 11 is 6.08. The van der Waals surface area contributed by atoms with Crippen LogP contribution in [0.5, 0.6) is 0 Å². The first-order chi connectivity index (χ1) is 8.27. The minimum atomic E-state index is -0.104. The lowest BCUT2D eigenvalue weighted by Crippen LogP contribution is -2.11. The molecule has 0 aliphatic carbocycles. The molecule has 17 heavy (non-hydrogen) atoms. The Hall–Kier alpha value is -2.02. The molecule has 0 aliphatic heterocycles. The van der Waals surface area contributed by atoms with Gasteiger partial charge in [0, 0.05) is 0 Å². The molecular weight excluding hydrogens is 242 g/mol. The molecule has 3 rings (SSSR count). The van der Waals surface area contributed by atoms with Gasteiger partial charge in [-0.15, -0.1) is 10.2 Å². The molecular formula is C9H8ClN7. The summed E-state index contributed by atoms with van der Waals surface area (Å²) in [7, 11) is 0. The van der Waals surface area contributed by atoms with E-state index in [-0.39, 0.29) is 6.04 Å². The smallest absolute Gasteiger partial charge is 0.180 e. The van der Waals surface area contributed by atoms with E-state index in [1.165, 1.54) is 6.33 Å². The summed E-state index contributed by atoms with van der Waals surface area (Å²) < 4.78 is 3.42. The summed E-state index contributed by atoms with van der Waals surface area (Å²) in [6, 6.07) is -0.104. The Morgan fingerprint density at radius 3 is 2.88 bits per heavy atom. The molecule has 0 radical (unpaired) electrons. The van der Waals surface area contributed by atoms with Crippen LogP contribution in [0, 0.1) is 0 Å². The van der Waals surface area contributed by atoms with Crippen LogP contribution in [0.15, 0.2) is 25.0 Å². The summed E-state index contributed by atoms with van der Waals surface area (Å²) in [5.41, 5.74) is 0.611. The van der Waals surface area contributed by atoms with E-state index in [9.17, 15) is 0 Å². The zero-order valence-corrected chi connectivity index (χ0v) is 9.65. The van der Waals surface area contributed by atoms with Gasteiger partial charge in [-0.05, 0) is 6.92 Å². The van der Waals surface area contributed by atoms with E-state index in [2.05, 4.69) is 25.3 Å². The van der Waals surface area contributed by atoms with Gasteiger partial charge in [-0.1, -0.05) is 11.6 Å². The van der Waals surface area contributed by atoms with Gasteiger partial charge in [-0.2, -0.15) is 5.10 Å². The van der Waals surface area contributed by atoms with Crippen LogP contribution in [-0.2, 0) is 0 Å². The monoisotopic (exact) mass is 249 g/mol. The molecule has 0 saturated carbocycles. The molecule has 0 spiro atoms. The molecule has 1 unspecified atom stereocenters.